The van der Waals surface area contributed by atoms with Gasteiger partial charge in [0.2, 0.25) is 0 Å². The number of benzene rings is 1. The summed E-state index contributed by atoms with van der Waals surface area (Å²) < 4.78 is 28.3. The first-order chi connectivity index (χ1) is 9.33. The second kappa shape index (κ2) is 5.26. The third-order valence-corrected chi connectivity index (χ3v) is 4.80. The Morgan fingerprint density at radius 1 is 1.30 bits per heavy atom. The average molecular weight is 294 g/mol. The highest BCUT2D eigenvalue weighted by Gasteiger charge is 2.21. The molecule has 0 unspecified atom stereocenters. The summed E-state index contributed by atoms with van der Waals surface area (Å²) in [4.78, 5) is 4.18. The molecule has 0 amide bonds. The first-order valence-electron chi connectivity index (χ1n) is 6.22. The van der Waals surface area contributed by atoms with Gasteiger partial charge in [0.1, 0.15) is 0 Å². The van der Waals surface area contributed by atoms with Gasteiger partial charge in [-0.15, -0.1) is 0 Å². The van der Waals surface area contributed by atoms with Crippen LogP contribution in [0.15, 0.2) is 30.5 Å². The van der Waals surface area contributed by atoms with Crippen LogP contribution in [0.25, 0.3) is 10.9 Å². The van der Waals surface area contributed by atoms with Crippen molar-refractivity contribution >= 4 is 32.5 Å². The Hall–Kier alpha value is -1.86. The topological polar surface area (TPSA) is 88.3 Å². The van der Waals surface area contributed by atoms with Crippen LogP contribution in [0.2, 0.25) is 0 Å². The van der Waals surface area contributed by atoms with E-state index in [0.717, 1.165) is 0 Å². The fraction of sp³-hybridized carbons (Fsp3) is 0.308. The van der Waals surface area contributed by atoms with Crippen LogP contribution in [0.5, 0.6) is 0 Å². The number of aromatic nitrogens is 1. The van der Waals surface area contributed by atoms with Gasteiger partial charge in [-0.3, -0.25) is 9.71 Å². The summed E-state index contributed by atoms with van der Waals surface area (Å²) in [7, 11) is -2.07. The maximum Gasteiger partial charge on any atom is 0.301 e. The number of nitrogens with two attached hydrogens (primary N) is 1. The molecule has 1 aromatic heterocycles. The molecule has 7 heteroatoms. The largest absolute Gasteiger partial charge is 0.397 e. The summed E-state index contributed by atoms with van der Waals surface area (Å²) in [5.41, 5.74) is 7.41. The maximum atomic E-state index is 12.2. The highest BCUT2D eigenvalue weighted by atomic mass is 32.2. The van der Waals surface area contributed by atoms with Gasteiger partial charge in [-0.1, -0.05) is 0 Å². The van der Waals surface area contributed by atoms with Gasteiger partial charge >= 0.3 is 10.2 Å². The van der Waals surface area contributed by atoms with Crippen LogP contribution in [0.4, 0.5) is 11.4 Å². The van der Waals surface area contributed by atoms with E-state index in [4.69, 9.17) is 5.73 Å². The van der Waals surface area contributed by atoms with Gasteiger partial charge in [-0.25, -0.2) is 0 Å². The van der Waals surface area contributed by atoms with Crippen molar-refractivity contribution < 1.29 is 8.42 Å². The number of pyridine rings is 1. The number of anilines is 2. The van der Waals surface area contributed by atoms with E-state index < -0.39 is 10.2 Å². The molecule has 0 radical (unpaired) electrons. The number of nitrogens with one attached hydrogen (secondary N) is 1. The molecule has 108 valence electrons. The summed E-state index contributed by atoms with van der Waals surface area (Å²) in [6, 6.07) is 6.68. The number of hydrogen-bond donors (Lipinski definition) is 2. The van der Waals surface area contributed by atoms with E-state index in [9.17, 15) is 8.42 Å². The molecular weight excluding hydrogens is 276 g/mol. The Bertz CT molecular complexity index is 728. The molecule has 0 fully saturated rings. The Labute approximate surface area is 118 Å². The van der Waals surface area contributed by atoms with Gasteiger partial charge in [0.15, 0.2) is 0 Å². The molecule has 0 saturated carbocycles. The molecule has 0 aliphatic carbocycles. The lowest BCUT2D eigenvalue weighted by molar-refractivity contribution is 0.414. The third kappa shape index (κ3) is 2.68. The van der Waals surface area contributed by atoms with Crippen LogP contribution >= 0.6 is 0 Å². The van der Waals surface area contributed by atoms with Gasteiger partial charge in [-0.05, 0) is 38.1 Å². The number of rotatable bonds is 4. The van der Waals surface area contributed by atoms with E-state index in [1.165, 1.54) is 11.4 Å². The average Bonchev–Trinajstić information content (AvgIpc) is 2.41. The smallest absolute Gasteiger partial charge is 0.301 e. The van der Waals surface area contributed by atoms with Crippen LogP contribution in [0.3, 0.4) is 0 Å². The number of nitrogen functional groups attached to an aromatic ring is 1. The fourth-order valence-corrected chi connectivity index (χ4v) is 2.93. The predicted octanol–water partition coefficient (Wildman–Crippen LogP) is 1.81. The van der Waals surface area contributed by atoms with Crippen molar-refractivity contribution in [1.29, 1.82) is 0 Å². The van der Waals surface area contributed by atoms with Crippen LogP contribution in [0.1, 0.15) is 13.8 Å². The molecule has 3 N–H and O–H groups in total. The molecule has 2 aromatic rings. The summed E-state index contributed by atoms with van der Waals surface area (Å²) in [6.07, 6.45) is 1.62. The summed E-state index contributed by atoms with van der Waals surface area (Å²) >= 11 is 0. The molecule has 1 heterocycles. The Kier molecular flexibility index (Phi) is 3.82. The lowest BCUT2D eigenvalue weighted by atomic mass is 10.1. The molecule has 0 aliphatic rings. The quantitative estimate of drug-likeness (QED) is 0.842. The van der Waals surface area contributed by atoms with Crippen LogP contribution < -0.4 is 10.5 Å². The first kappa shape index (κ1) is 14.5. The standard InChI is InChI=1S/C13H18N4O2S/c1-9(2)17(3)20(18,19)16-12-7-6-11(14)13-10(12)5-4-8-15-13/h4-9,16H,14H2,1-3H3. The van der Waals surface area contributed by atoms with Crippen molar-refractivity contribution in [3.05, 3.63) is 30.5 Å². The van der Waals surface area contributed by atoms with Crippen molar-refractivity contribution in [1.82, 2.24) is 9.29 Å². The lowest BCUT2D eigenvalue weighted by Crippen LogP contribution is -2.37. The van der Waals surface area contributed by atoms with Crippen molar-refractivity contribution in [2.45, 2.75) is 19.9 Å². The molecule has 6 nitrogen and oxygen atoms in total. The van der Waals surface area contributed by atoms with Gasteiger partial charge < -0.3 is 5.73 Å². The zero-order chi connectivity index (χ0) is 14.9. The minimum Gasteiger partial charge on any atom is -0.397 e. The van der Waals surface area contributed by atoms with Gasteiger partial charge in [0.05, 0.1) is 16.9 Å². The summed E-state index contributed by atoms with van der Waals surface area (Å²) in [5, 5.41) is 0.674. The van der Waals surface area contributed by atoms with Gasteiger partial charge in [0.25, 0.3) is 0 Å². The van der Waals surface area contributed by atoms with Crippen LogP contribution in [-0.4, -0.2) is 30.8 Å². The third-order valence-electron chi connectivity index (χ3n) is 3.15. The van der Waals surface area contributed by atoms with E-state index >= 15 is 0 Å². The van der Waals surface area contributed by atoms with Crippen LogP contribution in [-0.2, 0) is 10.2 Å². The Balaban J connectivity index is 2.48. The molecule has 20 heavy (non-hydrogen) atoms. The molecule has 0 atom stereocenters. The van der Waals surface area contributed by atoms with E-state index in [2.05, 4.69) is 9.71 Å². The molecule has 1 aromatic carbocycles. The first-order valence-corrected chi connectivity index (χ1v) is 7.66. The zero-order valence-electron chi connectivity index (χ0n) is 11.7. The highest BCUT2D eigenvalue weighted by molar-refractivity contribution is 7.90. The van der Waals surface area contributed by atoms with Crippen molar-refractivity contribution in [3.8, 4) is 0 Å². The second-order valence-electron chi connectivity index (χ2n) is 4.82. The molecule has 0 bridgehead atoms. The highest BCUT2D eigenvalue weighted by Crippen LogP contribution is 2.27. The number of fused-ring (bicyclic) bond motifs is 1. The van der Waals surface area contributed by atoms with E-state index in [1.807, 2.05) is 13.8 Å². The maximum absolute atomic E-state index is 12.2. The predicted molar refractivity (Wildman–Crippen MR) is 81.6 cm³/mol. The number of hydrogen-bond acceptors (Lipinski definition) is 4. The second-order valence-corrected chi connectivity index (χ2v) is 6.55. The van der Waals surface area contributed by atoms with Gasteiger partial charge in [-0.2, -0.15) is 12.7 Å². The minimum absolute atomic E-state index is 0.134. The summed E-state index contributed by atoms with van der Waals surface area (Å²) in [5.74, 6) is 0. The van der Waals surface area contributed by atoms with E-state index in [0.29, 0.717) is 22.3 Å². The van der Waals surface area contributed by atoms with Crippen molar-refractivity contribution in [2.75, 3.05) is 17.5 Å². The zero-order valence-corrected chi connectivity index (χ0v) is 12.5. The van der Waals surface area contributed by atoms with Crippen LogP contribution in [0, 0.1) is 0 Å². The summed E-state index contributed by atoms with van der Waals surface area (Å²) in [6.45, 7) is 3.61. The SMILES string of the molecule is CC(C)N(C)S(=O)(=O)Nc1ccc(N)c2ncccc12. The van der Waals surface area contributed by atoms with Crippen molar-refractivity contribution in [2.24, 2.45) is 0 Å². The van der Waals surface area contributed by atoms with Gasteiger partial charge in [0, 0.05) is 24.7 Å². The minimum atomic E-state index is -3.60. The number of nitrogens with zero attached hydrogens (tertiary/aromatic N) is 2. The Morgan fingerprint density at radius 2 is 2.00 bits per heavy atom. The molecule has 0 spiro atoms. The fourth-order valence-electron chi connectivity index (χ4n) is 1.77. The molecule has 0 saturated heterocycles. The monoisotopic (exact) mass is 294 g/mol. The van der Waals surface area contributed by atoms with E-state index in [1.54, 1.807) is 30.5 Å². The molecular formula is C13H18N4O2S. The lowest BCUT2D eigenvalue weighted by Gasteiger charge is -2.22. The van der Waals surface area contributed by atoms with Crippen molar-refractivity contribution in [3.63, 3.8) is 0 Å². The Morgan fingerprint density at radius 3 is 2.65 bits per heavy atom. The normalized spacial score (nSPS) is 12.2. The molecule has 2 rings (SSSR count). The van der Waals surface area contributed by atoms with E-state index in [-0.39, 0.29) is 6.04 Å². The molecule has 0 aliphatic heterocycles.